The van der Waals surface area contributed by atoms with Crippen molar-refractivity contribution in [1.29, 1.82) is 0 Å². The van der Waals surface area contributed by atoms with Gasteiger partial charge in [-0.05, 0) is 19.9 Å². The van der Waals surface area contributed by atoms with Crippen LogP contribution in [0.1, 0.15) is 25.3 Å². The Morgan fingerprint density at radius 2 is 2.50 bits per heavy atom. The molecule has 0 radical (unpaired) electrons. The topological polar surface area (TPSA) is 78.4 Å². The molecule has 1 heterocycles. The van der Waals surface area contributed by atoms with Gasteiger partial charge >= 0.3 is 5.97 Å². The third kappa shape index (κ3) is 3.20. The van der Waals surface area contributed by atoms with Crippen LogP contribution in [0.15, 0.2) is 16.9 Å². The van der Waals surface area contributed by atoms with Gasteiger partial charge in [-0.15, -0.1) is 0 Å². The lowest BCUT2D eigenvalue weighted by Crippen LogP contribution is -2.34. The molecule has 0 spiro atoms. The Bertz CT molecular complexity index is 371. The predicted octanol–water partition coefficient (Wildman–Crippen LogP) is 1.14. The number of rotatable bonds is 5. The normalized spacial score (nSPS) is 12.9. The van der Waals surface area contributed by atoms with E-state index >= 15 is 0 Å². The van der Waals surface area contributed by atoms with Gasteiger partial charge in [0.1, 0.15) is 11.8 Å². The number of carbonyl (C=O) groups is 1. The summed E-state index contributed by atoms with van der Waals surface area (Å²) in [6, 6.07) is -0.700. The number of oxazole rings is 1. The number of aromatic nitrogens is 1. The molecule has 0 aliphatic heterocycles. The van der Waals surface area contributed by atoms with Crippen molar-refractivity contribution in [1.82, 2.24) is 4.98 Å². The lowest BCUT2D eigenvalue weighted by molar-refractivity contribution is -0.144. The maximum Gasteiger partial charge on any atom is 0.323 e. The summed E-state index contributed by atoms with van der Waals surface area (Å²) in [5.41, 5.74) is 6.34. The van der Waals surface area contributed by atoms with E-state index in [9.17, 15) is 4.79 Å². The van der Waals surface area contributed by atoms with Crippen LogP contribution in [0.5, 0.6) is 0 Å². The maximum atomic E-state index is 11.3. The van der Waals surface area contributed by atoms with Gasteiger partial charge in [0.15, 0.2) is 6.39 Å². The monoisotopic (exact) mass is 224 g/mol. The van der Waals surface area contributed by atoms with Gasteiger partial charge in [-0.25, -0.2) is 4.98 Å². The SMILES string of the molecule is C/C=C/c1ocnc1CC(N)C(=O)OCC. The van der Waals surface area contributed by atoms with Crippen LogP contribution in [0, 0.1) is 0 Å². The minimum atomic E-state index is -0.700. The molecular formula is C11H16N2O3. The first kappa shape index (κ1) is 12.4. The van der Waals surface area contributed by atoms with Crippen LogP contribution >= 0.6 is 0 Å². The van der Waals surface area contributed by atoms with Crippen molar-refractivity contribution in [3.05, 3.63) is 23.9 Å². The standard InChI is InChI=1S/C11H16N2O3/c1-3-5-10-9(13-7-16-10)6-8(12)11(14)15-4-2/h3,5,7-8H,4,6,12H2,1-2H3/b5-3+. The molecular weight excluding hydrogens is 208 g/mol. The quantitative estimate of drug-likeness (QED) is 0.759. The van der Waals surface area contributed by atoms with Crippen LogP contribution < -0.4 is 5.73 Å². The lowest BCUT2D eigenvalue weighted by atomic mass is 10.1. The van der Waals surface area contributed by atoms with Crippen molar-refractivity contribution < 1.29 is 13.9 Å². The van der Waals surface area contributed by atoms with E-state index in [-0.39, 0.29) is 0 Å². The number of ether oxygens (including phenoxy) is 1. The van der Waals surface area contributed by atoms with Gasteiger partial charge in [-0.2, -0.15) is 0 Å². The van der Waals surface area contributed by atoms with Gasteiger partial charge < -0.3 is 14.9 Å². The van der Waals surface area contributed by atoms with Crippen LogP contribution in [0.3, 0.4) is 0 Å². The van der Waals surface area contributed by atoms with Gasteiger partial charge in [-0.1, -0.05) is 6.08 Å². The van der Waals surface area contributed by atoms with Crippen molar-refractivity contribution in [3.63, 3.8) is 0 Å². The van der Waals surface area contributed by atoms with Crippen LogP contribution in [0.25, 0.3) is 6.08 Å². The zero-order chi connectivity index (χ0) is 12.0. The predicted molar refractivity (Wildman–Crippen MR) is 59.5 cm³/mol. The van der Waals surface area contributed by atoms with Gasteiger partial charge in [0.25, 0.3) is 0 Å². The van der Waals surface area contributed by atoms with Crippen LogP contribution in [-0.2, 0) is 16.0 Å². The number of hydrogen-bond donors (Lipinski definition) is 1. The molecule has 0 aliphatic carbocycles. The number of nitrogens with two attached hydrogens (primary N) is 1. The summed E-state index contributed by atoms with van der Waals surface area (Å²) in [5, 5.41) is 0. The Hall–Kier alpha value is -1.62. The molecule has 2 N–H and O–H groups in total. The smallest absolute Gasteiger partial charge is 0.323 e. The van der Waals surface area contributed by atoms with Gasteiger partial charge in [-0.3, -0.25) is 4.79 Å². The molecule has 88 valence electrons. The van der Waals surface area contributed by atoms with Gasteiger partial charge in [0, 0.05) is 6.42 Å². The molecule has 0 amide bonds. The Morgan fingerprint density at radius 3 is 3.12 bits per heavy atom. The third-order valence-electron chi connectivity index (χ3n) is 1.99. The van der Waals surface area contributed by atoms with E-state index in [0.717, 1.165) is 0 Å². The minimum absolute atomic E-state index is 0.314. The van der Waals surface area contributed by atoms with Crippen molar-refractivity contribution in [2.24, 2.45) is 5.73 Å². The average molecular weight is 224 g/mol. The van der Waals surface area contributed by atoms with Crippen LogP contribution in [0.4, 0.5) is 0 Å². The van der Waals surface area contributed by atoms with Crippen molar-refractivity contribution in [2.45, 2.75) is 26.3 Å². The molecule has 0 aliphatic rings. The van der Waals surface area contributed by atoms with E-state index in [4.69, 9.17) is 14.9 Å². The zero-order valence-electron chi connectivity index (χ0n) is 9.47. The summed E-state index contributed by atoms with van der Waals surface area (Å²) in [4.78, 5) is 15.3. The molecule has 1 atom stereocenters. The second-order valence-corrected chi connectivity index (χ2v) is 3.23. The van der Waals surface area contributed by atoms with Crippen LogP contribution in [-0.4, -0.2) is 23.6 Å². The molecule has 5 heteroatoms. The van der Waals surface area contributed by atoms with E-state index < -0.39 is 12.0 Å². The minimum Gasteiger partial charge on any atom is -0.465 e. The van der Waals surface area contributed by atoms with Crippen molar-refractivity contribution in [3.8, 4) is 0 Å². The first-order valence-electron chi connectivity index (χ1n) is 5.16. The lowest BCUT2D eigenvalue weighted by Gasteiger charge is -2.08. The Labute approximate surface area is 94.3 Å². The summed E-state index contributed by atoms with van der Waals surface area (Å²) in [5.74, 6) is 0.208. The fraction of sp³-hybridized carbons (Fsp3) is 0.455. The van der Waals surface area contributed by atoms with E-state index in [2.05, 4.69) is 4.98 Å². The summed E-state index contributed by atoms with van der Waals surface area (Å²) < 4.78 is 9.95. The molecule has 0 saturated carbocycles. The van der Waals surface area contributed by atoms with Crippen molar-refractivity contribution in [2.75, 3.05) is 6.61 Å². The number of nitrogens with zero attached hydrogens (tertiary/aromatic N) is 1. The number of hydrogen-bond acceptors (Lipinski definition) is 5. The highest BCUT2D eigenvalue weighted by Gasteiger charge is 2.18. The molecule has 1 unspecified atom stereocenters. The average Bonchev–Trinajstić information content (AvgIpc) is 2.67. The summed E-state index contributed by atoms with van der Waals surface area (Å²) in [6.45, 7) is 3.94. The molecule has 0 fully saturated rings. The van der Waals surface area contributed by atoms with Gasteiger partial charge in [0.05, 0.1) is 12.3 Å². The van der Waals surface area contributed by atoms with Gasteiger partial charge in [0.2, 0.25) is 0 Å². The largest absolute Gasteiger partial charge is 0.465 e. The summed E-state index contributed by atoms with van der Waals surface area (Å²) in [6.07, 6.45) is 5.26. The zero-order valence-corrected chi connectivity index (χ0v) is 9.47. The highest BCUT2D eigenvalue weighted by Crippen LogP contribution is 2.11. The molecule has 1 aromatic rings. The second-order valence-electron chi connectivity index (χ2n) is 3.23. The third-order valence-corrected chi connectivity index (χ3v) is 1.99. The molecule has 5 nitrogen and oxygen atoms in total. The summed E-state index contributed by atoms with van der Waals surface area (Å²) >= 11 is 0. The molecule has 1 rings (SSSR count). The highest BCUT2D eigenvalue weighted by atomic mass is 16.5. The summed E-state index contributed by atoms with van der Waals surface area (Å²) in [7, 11) is 0. The molecule has 0 aromatic carbocycles. The fourth-order valence-electron chi connectivity index (χ4n) is 1.26. The second kappa shape index (κ2) is 6.07. The molecule has 16 heavy (non-hydrogen) atoms. The number of esters is 1. The van der Waals surface area contributed by atoms with E-state index in [1.165, 1.54) is 6.39 Å². The van der Waals surface area contributed by atoms with E-state index in [1.54, 1.807) is 13.0 Å². The molecule has 0 saturated heterocycles. The maximum absolute atomic E-state index is 11.3. The molecule has 0 bridgehead atoms. The Morgan fingerprint density at radius 1 is 1.75 bits per heavy atom. The van der Waals surface area contributed by atoms with E-state index in [1.807, 2.05) is 13.0 Å². The number of allylic oxidation sites excluding steroid dienone is 1. The van der Waals surface area contributed by atoms with Crippen LogP contribution in [0.2, 0.25) is 0 Å². The van der Waals surface area contributed by atoms with Crippen molar-refractivity contribution >= 4 is 12.0 Å². The highest BCUT2D eigenvalue weighted by molar-refractivity contribution is 5.75. The Kier molecular flexibility index (Phi) is 4.72. The fourth-order valence-corrected chi connectivity index (χ4v) is 1.26. The Balaban J connectivity index is 2.65. The van der Waals surface area contributed by atoms with E-state index in [0.29, 0.717) is 24.5 Å². The first-order valence-corrected chi connectivity index (χ1v) is 5.16. The molecule has 1 aromatic heterocycles. The number of carbonyl (C=O) groups excluding carboxylic acids is 1. The first-order chi connectivity index (χ1) is 7.69.